The number of rotatable bonds is 7. The van der Waals surface area contributed by atoms with E-state index in [0.717, 1.165) is 15.9 Å². The number of aryl methyl sites for hydroxylation is 1. The summed E-state index contributed by atoms with van der Waals surface area (Å²) in [6.45, 7) is 4.40. The summed E-state index contributed by atoms with van der Waals surface area (Å²) in [5.41, 5.74) is 2.06. The molecule has 158 valence electrons. The highest BCUT2D eigenvalue weighted by atomic mass is 79.9. The Bertz CT molecular complexity index is 1100. The molecule has 9 nitrogen and oxygen atoms in total. The van der Waals surface area contributed by atoms with E-state index in [0.29, 0.717) is 16.4 Å². The minimum Gasteiger partial charge on any atom is -0.350 e. The van der Waals surface area contributed by atoms with Crippen LogP contribution in [0.4, 0.5) is 0 Å². The predicted octanol–water partition coefficient (Wildman–Crippen LogP) is 3.16. The Morgan fingerprint density at radius 1 is 1.17 bits per heavy atom. The highest BCUT2D eigenvalue weighted by Crippen LogP contribution is 2.21. The molecular weight excluding hydrogens is 499 g/mol. The summed E-state index contributed by atoms with van der Waals surface area (Å²) in [4.78, 5) is 28.4. The van der Waals surface area contributed by atoms with Crippen molar-refractivity contribution in [3.63, 3.8) is 0 Å². The molecule has 0 unspecified atom stereocenters. The number of halogens is 3. The van der Waals surface area contributed by atoms with E-state index in [1.165, 1.54) is 12.1 Å². The molecule has 0 bridgehead atoms. The second-order valence-electron chi connectivity index (χ2n) is 6.29. The van der Waals surface area contributed by atoms with E-state index in [1.54, 1.807) is 10.7 Å². The smallest absolute Gasteiger partial charge is 0.316 e. The zero-order valence-corrected chi connectivity index (χ0v) is 19.1. The maximum atomic E-state index is 12.2. The SMILES string of the molecule is Cc1nn(Cc2noc(C(=O)NCCNC(=O)c3ccc(Cl)cc3Cl)n2)c(C)c1Br. The van der Waals surface area contributed by atoms with Gasteiger partial charge in [0, 0.05) is 18.1 Å². The lowest BCUT2D eigenvalue weighted by Crippen LogP contribution is -2.35. The molecule has 0 aliphatic carbocycles. The molecule has 2 amide bonds. The lowest BCUT2D eigenvalue weighted by atomic mass is 10.2. The minimum absolute atomic E-state index is 0.165. The minimum atomic E-state index is -0.540. The number of nitrogens with one attached hydrogen (secondary N) is 2. The normalized spacial score (nSPS) is 10.8. The Hall–Kier alpha value is -2.43. The van der Waals surface area contributed by atoms with Crippen LogP contribution in [-0.2, 0) is 6.54 Å². The fourth-order valence-corrected chi connectivity index (χ4v) is 3.35. The molecule has 0 fully saturated rings. The molecule has 3 rings (SSSR count). The molecule has 12 heteroatoms. The Labute approximate surface area is 190 Å². The Morgan fingerprint density at radius 2 is 1.87 bits per heavy atom. The molecule has 0 saturated heterocycles. The number of aromatic nitrogens is 4. The molecule has 0 saturated carbocycles. The van der Waals surface area contributed by atoms with Gasteiger partial charge in [0.05, 0.1) is 26.4 Å². The summed E-state index contributed by atoms with van der Waals surface area (Å²) in [5, 5.41) is 14.1. The van der Waals surface area contributed by atoms with Crippen molar-refractivity contribution in [1.82, 2.24) is 30.6 Å². The van der Waals surface area contributed by atoms with Crippen molar-refractivity contribution in [3.05, 3.63) is 61.4 Å². The van der Waals surface area contributed by atoms with Crippen molar-refractivity contribution in [3.8, 4) is 0 Å². The summed E-state index contributed by atoms with van der Waals surface area (Å²) in [5.74, 6) is -0.759. The first kappa shape index (κ1) is 22.3. The quantitative estimate of drug-likeness (QED) is 0.467. The van der Waals surface area contributed by atoms with Gasteiger partial charge in [-0.1, -0.05) is 28.4 Å². The van der Waals surface area contributed by atoms with E-state index >= 15 is 0 Å². The van der Waals surface area contributed by atoms with Crippen LogP contribution in [0.25, 0.3) is 0 Å². The van der Waals surface area contributed by atoms with Crippen molar-refractivity contribution < 1.29 is 14.1 Å². The highest BCUT2D eigenvalue weighted by Gasteiger charge is 2.17. The van der Waals surface area contributed by atoms with Crippen LogP contribution < -0.4 is 10.6 Å². The van der Waals surface area contributed by atoms with Gasteiger partial charge in [-0.05, 0) is 48.0 Å². The van der Waals surface area contributed by atoms with E-state index in [9.17, 15) is 9.59 Å². The van der Waals surface area contributed by atoms with Crippen LogP contribution in [0.5, 0.6) is 0 Å². The number of amides is 2. The number of benzene rings is 1. The summed E-state index contributed by atoms with van der Waals surface area (Å²) in [7, 11) is 0. The molecule has 1 aromatic carbocycles. The van der Waals surface area contributed by atoms with Gasteiger partial charge in [0.25, 0.3) is 5.91 Å². The average molecular weight is 516 g/mol. The van der Waals surface area contributed by atoms with Crippen molar-refractivity contribution in [2.45, 2.75) is 20.4 Å². The lowest BCUT2D eigenvalue weighted by Gasteiger charge is -2.07. The van der Waals surface area contributed by atoms with Crippen molar-refractivity contribution >= 4 is 50.9 Å². The molecule has 30 heavy (non-hydrogen) atoms. The van der Waals surface area contributed by atoms with Crippen molar-refractivity contribution in [2.24, 2.45) is 0 Å². The predicted molar refractivity (Wildman–Crippen MR) is 114 cm³/mol. The first-order valence-corrected chi connectivity index (χ1v) is 10.3. The van der Waals surface area contributed by atoms with Gasteiger partial charge in [-0.15, -0.1) is 0 Å². The maximum Gasteiger partial charge on any atom is 0.316 e. The molecule has 0 radical (unpaired) electrons. The van der Waals surface area contributed by atoms with Crippen molar-refractivity contribution in [2.75, 3.05) is 13.1 Å². The van der Waals surface area contributed by atoms with E-state index in [1.807, 2.05) is 13.8 Å². The van der Waals surface area contributed by atoms with Crippen LogP contribution in [0.1, 0.15) is 38.3 Å². The summed E-state index contributed by atoms with van der Waals surface area (Å²) in [6.07, 6.45) is 0. The molecule has 0 aliphatic heterocycles. The van der Waals surface area contributed by atoms with Gasteiger partial charge in [0.1, 0.15) is 6.54 Å². The Morgan fingerprint density at radius 3 is 2.50 bits per heavy atom. The largest absolute Gasteiger partial charge is 0.350 e. The molecule has 0 aliphatic rings. The van der Waals surface area contributed by atoms with Crippen LogP contribution in [0.2, 0.25) is 10.0 Å². The number of carbonyl (C=O) groups excluding carboxylic acids is 2. The number of nitrogens with zero attached hydrogens (tertiary/aromatic N) is 4. The average Bonchev–Trinajstić information content (AvgIpc) is 3.26. The molecular formula is C18H17BrCl2N6O3. The standard InChI is InChI=1S/C18H17BrCl2N6O3/c1-9-15(19)10(2)27(25-9)8-14-24-18(30-26-14)17(29)23-6-5-22-16(28)12-4-3-11(20)7-13(12)21/h3-4,7H,5-6,8H2,1-2H3,(H,22,28)(H,23,29). The Balaban J connectivity index is 1.48. The number of hydrogen-bond donors (Lipinski definition) is 2. The Kier molecular flexibility index (Phi) is 7.11. The highest BCUT2D eigenvalue weighted by molar-refractivity contribution is 9.10. The van der Waals surface area contributed by atoms with Gasteiger partial charge in [-0.3, -0.25) is 14.3 Å². The third kappa shape index (κ3) is 5.18. The molecule has 2 heterocycles. The number of carbonyl (C=O) groups is 2. The first-order valence-electron chi connectivity index (χ1n) is 8.79. The summed E-state index contributed by atoms with van der Waals surface area (Å²) >= 11 is 15.3. The second kappa shape index (κ2) is 9.59. The lowest BCUT2D eigenvalue weighted by molar-refractivity contribution is 0.0898. The zero-order chi connectivity index (χ0) is 21.8. The van der Waals surface area contributed by atoms with Crippen LogP contribution in [0.3, 0.4) is 0 Å². The van der Waals surface area contributed by atoms with Crippen LogP contribution in [0, 0.1) is 13.8 Å². The molecule has 0 atom stereocenters. The van der Waals surface area contributed by atoms with E-state index < -0.39 is 5.91 Å². The van der Waals surface area contributed by atoms with Gasteiger partial charge in [0.15, 0.2) is 5.82 Å². The zero-order valence-electron chi connectivity index (χ0n) is 16.0. The van der Waals surface area contributed by atoms with E-state index in [-0.39, 0.29) is 36.5 Å². The van der Waals surface area contributed by atoms with Crippen LogP contribution >= 0.6 is 39.1 Å². The van der Waals surface area contributed by atoms with Gasteiger partial charge >= 0.3 is 11.8 Å². The van der Waals surface area contributed by atoms with Gasteiger partial charge < -0.3 is 15.2 Å². The number of hydrogen-bond acceptors (Lipinski definition) is 6. The second-order valence-corrected chi connectivity index (χ2v) is 7.93. The topological polar surface area (TPSA) is 115 Å². The van der Waals surface area contributed by atoms with Gasteiger partial charge in [-0.25, -0.2) is 0 Å². The summed E-state index contributed by atoms with van der Waals surface area (Å²) < 4.78 is 7.63. The molecule has 0 spiro atoms. The third-order valence-corrected chi connectivity index (χ3v) is 5.81. The van der Waals surface area contributed by atoms with Gasteiger partial charge in [-0.2, -0.15) is 10.1 Å². The molecule has 2 aromatic heterocycles. The van der Waals surface area contributed by atoms with Gasteiger partial charge in [0.2, 0.25) is 0 Å². The molecule has 3 aromatic rings. The van der Waals surface area contributed by atoms with E-state index in [4.69, 9.17) is 27.7 Å². The third-order valence-electron chi connectivity index (χ3n) is 4.12. The fraction of sp³-hybridized carbons (Fsp3) is 0.278. The van der Waals surface area contributed by atoms with Crippen LogP contribution in [-0.4, -0.2) is 44.8 Å². The maximum absolute atomic E-state index is 12.2. The molecule has 2 N–H and O–H groups in total. The monoisotopic (exact) mass is 514 g/mol. The van der Waals surface area contributed by atoms with Crippen molar-refractivity contribution in [1.29, 1.82) is 0 Å². The first-order chi connectivity index (χ1) is 14.3. The van der Waals surface area contributed by atoms with Crippen LogP contribution in [0.15, 0.2) is 27.2 Å². The fourth-order valence-electron chi connectivity index (χ4n) is 2.57. The van der Waals surface area contributed by atoms with E-state index in [2.05, 4.69) is 41.8 Å². The summed E-state index contributed by atoms with van der Waals surface area (Å²) in [6, 6.07) is 4.58.